The van der Waals surface area contributed by atoms with Crippen molar-refractivity contribution in [2.45, 2.75) is 44.2 Å². The van der Waals surface area contributed by atoms with E-state index in [-0.39, 0.29) is 29.1 Å². The van der Waals surface area contributed by atoms with Crippen LogP contribution in [0.25, 0.3) is 0 Å². The third-order valence-corrected chi connectivity index (χ3v) is 7.14. The first kappa shape index (κ1) is 23.0. The van der Waals surface area contributed by atoms with Gasteiger partial charge in [-0.2, -0.15) is 0 Å². The highest BCUT2D eigenvalue weighted by Crippen LogP contribution is 2.36. The van der Waals surface area contributed by atoms with E-state index in [2.05, 4.69) is 21.2 Å². The second-order valence-corrected chi connectivity index (χ2v) is 10.6. The maximum absolute atomic E-state index is 12.8. The monoisotopic (exact) mass is 516 g/mol. The lowest BCUT2D eigenvalue weighted by Gasteiger charge is -2.49. The Balaban J connectivity index is 1.76. The highest BCUT2D eigenvalue weighted by molar-refractivity contribution is 9.09. The van der Waals surface area contributed by atoms with Gasteiger partial charge in [-0.25, -0.2) is 4.79 Å². The number of nitrogens with one attached hydrogen (secondary N) is 1. The van der Waals surface area contributed by atoms with Crippen LogP contribution in [-0.4, -0.2) is 55.0 Å². The van der Waals surface area contributed by atoms with Crippen LogP contribution >= 0.6 is 27.5 Å². The minimum absolute atomic E-state index is 0.0573. The summed E-state index contributed by atoms with van der Waals surface area (Å²) in [5.41, 5.74) is 0.646. The molecule has 7 nitrogen and oxygen atoms in total. The molecule has 0 radical (unpaired) electrons. The predicted molar refractivity (Wildman–Crippen MR) is 117 cm³/mol. The first-order chi connectivity index (χ1) is 14.0. The molecule has 1 aromatic rings. The standard InChI is InChI=1S/C20H22BrClN2O5S/c1-20(2,3)29-19(27)16-12(9-21)10-30(28)18-15(17(26)24(16)18)23-14(25)8-11-4-6-13(22)7-5-11/h4-7,15,18H,8-10H2,1-3H3,(H,23,25)/t15?,18-,30?/m0/s1. The maximum atomic E-state index is 12.8. The van der Waals surface area contributed by atoms with E-state index in [1.54, 1.807) is 45.0 Å². The van der Waals surface area contributed by atoms with Crippen molar-refractivity contribution in [1.82, 2.24) is 10.2 Å². The molecule has 0 aromatic heterocycles. The Labute approximate surface area is 190 Å². The van der Waals surface area contributed by atoms with Gasteiger partial charge in [0.2, 0.25) is 5.91 Å². The molecule has 1 saturated heterocycles. The highest BCUT2D eigenvalue weighted by Gasteiger charge is 2.57. The number of carbonyl (C=O) groups excluding carboxylic acids is 3. The van der Waals surface area contributed by atoms with Gasteiger partial charge in [0, 0.05) is 10.4 Å². The molecule has 0 aliphatic carbocycles. The van der Waals surface area contributed by atoms with Crippen LogP contribution in [0.15, 0.2) is 35.5 Å². The summed E-state index contributed by atoms with van der Waals surface area (Å²) in [6.07, 6.45) is 0.0573. The molecular weight excluding hydrogens is 496 g/mol. The van der Waals surface area contributed by atoms with Crippen LogP contribution in [0, 0.1) is 0 Å². The van der Waals surface area contributed by atoms with Crippen LogP contribution in [0.5, 0.6) is 0 Å². The molecule has 1 aromatic carbocycles. The molecule has 3 atom stereocenters. The van der Waals surface area contributed by atoms with Gasteiger partial charge in [0.15, 0.2) is 0 Å². The van der Waals surface area contributed by atoms with Crippen molar-refractivity contribution in [2.75, 3.05) is 11.1 Å². The fourth-order valence-corrected chi connectivity index (χ4v) is 5.82. The largest absolute Gasteiger partial charge is 0.455 e. The summed E-state index contributed by atoms with van der Waals surface area (Å²) >= 11 is 9.15. The number of esters is 1. The van der Waals surface area contributed by atoms with Crippen LogP contribution in [0.3, 0.4) is 0 Å². The van der Waals surface area contributed by atoms with Crippen LogP contribution in [0.4, 0.5) is 0 Å². The van der Waals surface area contributed by atoms with Crippen LogP contribution in [0.1, 0.15) is 26.3 Å². The Morgan fingerprint density at radius 1 is 1.30 bits per heavy atom. The van der Waals surface area contributed by atoms with Crippen molar-refractivity contribution in [1.29, 1.82) is 0 Å². The molecule has 162 valence electrons. The van der Waals surface area contributed by atoms with Gasteiger partial charge in [-0.15, -0.1) is 0 Å². The van der Waals surface area contributed by atoms with E-state index in [1.807, 2.05) is 0 Å². The number of fused-ring (bicyclic) bond motifs is 1. The fraction of sp³-hybridized carbons (Fsp3) is 0.450. The quantitative estimate of drug-likeness (QED) is 0.368. The number of β-lactam (4-membered cyclic amide) rings is 1. The van der Waals surface area contributed by atoms with E-state index >= 15 is 0 Å². The zero-order valence-electron chi connectivity index (χ0n) is 16.7. The number of benzene rings is 1. The molecule has 10 heteroatoms. The molecule has 3 rings (SSSR count). The normalized spacial score (nSPS) is 23.6. The minimum Gasteiger partial charge on any atom is -0.455 e. The van der Waals surface area contributed by atoms with Crippen LogP contribution < -0.4 is 5.32 Å². The molecule has 0 bridgehead atoms. The molecule has 2 aliphatic rings. The third-order valence-electron chi connectivity index (χ3n) is 4.55. The summed E-state index contributed by atoms with van der Waals surface area (Å²) in [7, 11) is -1.46. The van der Waals surface area contributed by atoms with Crippen LogP contribution in [-0.2, 0) is 36.3 Å². The number of hydrogen-bond donors (Lipinski definition) is 1. The van der Waals surface area contributed by atoms with Crippen LogP contribution in [0.2, 0.25) is 5.02 Å². The van der Waals surface area contributed by atoms with Crippen molar-refractivity contribution < 1.29 is 23.3 Å². The van der Waals surface area contributed by atoms with Gasteiger partial charge in [0.1, 0.15) is 22.7 Å². The minimum atomic E-state index is -1.46. The Bertz CT molecular complexity index is 942. The van der Waals surface area contributed by atoms with Gasteiger partial charge in [0.05, 0.1) is 23.0 Å². The second-order valence-electron chi connectivity index (χ2n) is 8.06. The number of ether oxygens (including phenoxy) is 1. The molecule has 2 heterocycles. The number of carbonyl (C=O) groups is 3. The molecule has 2 amide bonds. The lowest BCUT2D eigenvalue weighted by atomic mass is 10.0. The lowest BCUT2D eigenvalue weighted by Crippen LogP contribution is -2.73. The van der Waals surface area contributed by atoms with Crippen molar-refractivity contribution in [2.24, 2.45) is 0 Å². The summed E-state index contributed by atoms with van der Waals surface area (Å²) in [6, 6.07) is 5.86. The van der Waals surface area contributed by atoms with Gasteiger partial charge in [-0.05, 0) is 44.0 Å². The third kappa shape index (κ3) is 4.78. The predicted octanol–water partition coefficient (Wildman–Crippen LogP) is 2.29. The zero-order chi connectivity index (χ0) is 22.2. The van der Waals surface area contributed by atoms with Gasteiger partial charge >= 0.3 is 5.97 Å². The summed E-state index contributed by atoms with van der Waals surface area (Å²) in [5, 5.41) is 2.71. The molecule has 0 spiro atoms. The van der Waals surface area contributed by atoms with Crippen molar-refractivity contribution in [3.05, 3.63) is 46.1 Å². The number of nitrogens with zero attached hydrogens (tertiary/aromatic N) is 1. The molecule has 30 heavy (non-hydrogen) atoms. The van der Waals surface area contributed by atoms with E-state index < -0.39 is 39.7 Å². The highest BCUT2D eigenvalue weighted by atomic mass is 79.9. The number of amides is 2. The van der Waals surface area contributed by atoms with E-state index in [4.69, 9.17) is 16.3 Å². The smallest absolute Gasteiger partial charge is 0.355 e. The van der Waals surface area contributed by atoms with Gasteiger partial charge in [-0.1, -0.05) is 39.7 Å². The number of hydrogen-bond acceptors (Lipinski definition) is 5. The first-order valence-corrected chi connectivity index (χ1v) is 12.2. The van der Waals surface area contributed by atoms with E-state index in [1.165, 1.54) is 4.90 Å². The Kier molecular flexibility index (Phi) is 6.74. The molecule has 1 fully saturated rings. The zero-order valence-corrected chi connectivity index (χ0v) is 19.9. The Morgan fingerprint density at radius 3 is 2.50 bits per heavy atom. The Morgan fingerprint density at radius 2 is 1.93 bits per heavy atom. The Hall–Kier alpha value is -1.71. The topological polar surface area (TPSA) is 92.8 Å². The summed E-state index contributed by atoms with van der Waals surface area (Å²) in [4.78, 5) is 39.2. The first-order valence-electron chi connectivity index (χ1n) is 9.27. The van der Waals surface area contributed by atoms with Gasteiger partial charge in [0.25, 0.3) is 5.91 Å². The maximum Gasteiger partial charge on any atom is 0.355 e. The van der Waals surface area contributed by atoms with E-state index in [9.17, 15) is 18.6 Å². The van der Waals surface area contributed by atoms with E-state index in [0.29, 0.717) is 10.6 Å². The van der Waals surface area contributed by atoms with Gasteiger partial charge in [-0.3, -0.25) is 18.7 Å². The van der Waals surface area contributed by atoms with Crippen molar-refractivity contribution >= 4 is 56.1 Å². The van der Waals surface area contributed by atoms with Gasteiger partial charge < -0.3 is 10.1 Å². The summed E-state index contributed by atoms with van der Waals surface area (Å²) in [6.45, 7) is 5.19. The number of alkyl halides is 1. The molecule has 2 unspecified atom stereocenters. The molecule has 0 saturated carbocycles. The lowest BCUT2D eigenvalue weighted by molar-refractivity contribution is -0.159. The average Bonchev–Trinajstić information content (AvgIpc) is 2.65. The second kappa shape index (κ2) is 8.80. The number of rotatable bonds is 5. The molecular formula is C20H22BrClN2O5S. The van der Waals surface area contributed by atoms with Crippen molar-refractivity contribution in [3.8, 4) is 0 Å². The van der Waals surface area contributed by atoms with E-state index in [0.717, 1.165) is 5.56 Å². The SMILES string of the molecule is CC(C)(C)OC(=O)C1=C(CBr)CS(=O)[C@H]2C(NC(=O)Cc3ccc(Cl)cc3)C(=O)N12. The molecule has 1 N–H and O–H groups in total. The van der Waals surface area contributed by atoms with Crippen molar-refractivity contribution in [3.63, 3.8) is 0 Å². The number of halogens is 2. The summed E-state index contributed by atoms with van der Waals surface area (Å²) in [5.74, 6) is -1.37. The average molecular weight is 518 g/mol. The summed E-state index contributed by atoms with van der Waals surface area (Å²) < 4.78 is 18.2. The fourth-order valence-electron chi connectivity index (χ4n) is 3.28. The molecule has 2 aliphatic heterocycles.